The summed E-state index contributed by atoms with van der Waals surface area (Å²) in [6.45, 7) is 2.44. The molecule has 2 atom stereocenters. The molecule has 8 nitrogen and oxygen atoms in total. The van der Waals surface area contributed by atoms with Crippen molar-refractivity contribution in [2.75, 3.05) is 43.5 Å². The lowest BCUT2D eigenvalue weighted by Crippen LogP contribution is -2.45. The number of pyridine rings is 1. The van der Waals surface area contributed by atoms with E-state index < -0.39 is 18.0 Å². The Kier molecular flexibility index (Phi) is 5.52. The second-order valence-electron chi connectivity index (χ2n) is 6.76. The molecule has 11 heteroatoms. The first-order chi connectivity index (χ1) is 13.9. The average Bonchev–Trinajstić information content (AvgIpc) is 3.21. The number of morpholine rings is 1. The van der Waals surface area contributed by atoms with Crippen molar-refractivity contribution in [2.24, 2.45) is 0 Å². The number of nitrogens with zero attached hydrogens (tertiary/aromatic N) is 4. The van der Waals surface area contributed by atoms with Crippen molar-refractivity contribution < 1.29 is 27.4 Å². The van der Waals surface area contributed by atoms with E-state index in [1.807, 2.05) is 4.90 Å². The highest BCUT2D eigenvalue weighted by Gasteiger charge is 2.35. The van der Waals surface area contributed by atoms with Crippen LogP contribution < -0.4 is 10.6 Å². The Labute approximate surface area is 164 Å². The third kappa shape index (κ3) is 4.57. The van der Waals surface area contributed by atoms with E-state index in [-0.39, 0.29) is 23.2 Å². The molecule has 0 aromatic carbocycles. The maximum atomic E-state index is 13.4. The molecule has 0 spiro atoms. The first-order valence-corrected chi connectivity index (χ1v) is 9.16. The molecule has 0 saturated carbocycles. The summed E-state index contributed by atoms with van der Waals surface area (Å²) in [5, 5.41) is 0. The molecule has 0 bridgehead atoms. The zero-order valence-electron chi connectivity index (χ0n) is 15.4. The van der Waals surface area contributed by atoms with Crippen LogP contribution in [0.1, 0.15) is 12.0 Å². The number of ether oxygens (including phenoxy) is 3. The Hall–Kier alpha value is -2.50. The average molecular weight is 411 g/mol. The van der Waals surface area contributed by atoms with Crippen LogP contribution >= 0.6 is 0 Å². The lowest BCUT2D eigenvalue weighted by atomic mass is 10.1. The van der Waals surface area contributed by atoms with Crippen LogP contribution in [0.25, 0.3) is 11.3 Å². The minimum absolute atomic E-state index is 0.0256. The van der Waals surface area contributed by atoms with E-state index in [9.17, 15) is 13.2 Å². The van der Waals surface area contributed by atoms with E-state index in [0.29, 0.717) is 38.9 Å². The Morgan fingerprint density at radius 2 is 2.10 bits per heavy atom. The number of anilines is 2. The molecule has 0 aliphatic carbocycles. The summed E-state index contributed by atoms with van der Waals surface area (Å²) >= 11 is 0. The molecular weight excluding hydrogens is 391 g/mol. The van der Waals surface area contributed by atoms with Crippen molar-refractivity contribution in [3.05, 3.63) is 30.1 Å². The number of halogens is 3. The third-order valence-electron chi connectivity index (χ3n) is 4.70. The van der Waals surface area contributed by atoms with Gasteiger partial charge in [0.05, 0.1) is 37.1 Å². The van der Waals surface area contributed by atoms with Crippen molar-refractivity contribution in [1.29, 1.82) is 0 Å². The van der Waals surface area contributed by atoms with Gasteiger partial charge in [0.25, 0.3) is 0 Å². The maximum Gasteiger partial charge on any atom is 0.417 e. The normalized spacial score (nSPS) is 22.8. The van der Waals surface area contributed by atoms with Crippen LogP contribution in [-0.2, 0) is 20.4 Å². The molecule has 2 aliphatic rings. The molecule has 4 rings (SSSR count). The van der Waals surface area contributed by atoms with Gasteiger partial charge < -0.3 is 24.8 Å². The SMILES string of the molecule is Nc1cc(C(F)(F)F)c(-c2ccnc(N3CCOC(OC4CCOC4)C3)n2)cn1. The van der Waals surface area contributed by atoms with E-state index in [1.165, 1.54) is 12.3 Å². The molecule has 2 N–H and O–H groups in total. The quantitative estimate of drug-likeness (QED) is 0.817. The van der Waals surface area contributed by atoms with E-state index >= 15 is 0 Å². The molecule has 0 amide bonds. The number of aromatic nitrogens is 3. The summed E-state index contributed by atoms with van der Waals surface area (Å²) in [6.07, 6.45) is -1.79. The Balaban J connectivity index is 1.56. The lowest BCUT2D eigenvalue weighted by Gasteiger charge is -2.33. The standard InChI is InChI=1S/C18H20F3N5O3/c19-18(20,21)13-7-15(22)24-8-12(13)14-1-3-23-17(25-14)26-4-6-28-16(9-26)29-11-2-5-27-10-11/h1,3,7-8,11,16H,2,4-6,9-10H2,(H2,22,24). The molecule has 2 fully saturated rings. The van der Waals surface area contributed by atoms with Crippen molar-refractivity contribution in [1.82, 2.24) is 15.0 Å². The Morgan fingerprint density at radius 1 is 1.24 bits per heavy atom. The monoisotopic (exact) mass is 411 g/mol. The summed E-state index contributed by atoms with van der Waals surface area (Å²) in [5.74, 6) is 0.0893. The number of nitrogens with two attached hydrogens (primary N) is 1. The van der Waals surface area contributed by atoms with Crippen LogP contribution in [0.5, 0.6) is 0 Å². The number of hydrogen-bond donors (Lipinski definition) is 1. The first-order valence-electron chi connectivity index (χ1n) is 9.16. The van der Waals surface area contributed by atoms with Crippen molar-refractivity contribution in [3.63, 3.8) is 0 Å². The Morgan fingerprint density at radius 3 is 2.86 bits per heavy atom. The van der Waals surface area contributed by atoms with Crippen molar-refractivity contribution in [3.8, 4) is 11.3 Å². The summed E-state index contributed by atoms with van der Waals surface area (Å²) in [7, 11) is 0. The van der Waals surface area contributed by atoms with Crippen LogP contribution in [0, 0.1) is 0 Å². The van der Waals surface area contributed by atoms with Gasteiger partial charge in [0.2, 0.25) is 5.95 Å². The van der Waals surface area contributed by atoms with E-state index in [2.05, 4.69) is 15.0 Å². The van der Waals surface area contributed by atoms with Gasteiger partial charge >= 0.3 is 6.18 Å². The summed E-state index contributed by atoms with van der Waals surface area (Å²) in [5.41, 5.74) is 4.51. The second kappa shape index (κ2) is 8.09. The molecule has 4 heterocycles. The first kappa shape index (κ1) is 19.8. The largest absolute Gasteiger partial charge is 0.417 e. The van der Waals surface area contributed by atoms with Crippen molar-refractivity contribution in [2.45, 2.75) is 25.0 Å². The second-order valence-corrected chi connectivity index (χ2v) is 6.76. The highest BCUT2D eigenvalue weighted by molar-refractivity contribution is 5.66. The summed E-state index contributed by atoms with van der Waals surface area (Å²) < 4.78 is 57.1. The van der Waals surface area contributed by atoms with Gasteiger partial charge in [-0.2, -0.15) is 13.2 Å². The van der Waals surface area contributed by atoms with Crippen LogP contribution in [0.4, 0.5) is 24.9 Å². The highest BCUT2D eigenvalue weighted by atomic mass is 19.4. The van der Waals surface area contributed by atoms with Gasteiger partial charge in [-0.3, -0.25) is 0 Å². The van der Waals surface area contributed by atoms with Crippen LogP contribution in [0.15, 0.2) is 24.5 Å². The molecule has 2 aromatic rings. The number of alkyl halides is 3. The Bertz CT molecular complexity index is 861. The molecule has 0 radical (unpaired) electrons. The molecule has 2 unspecified atom stereocenters. The number of rotatable bonds is 4. The fraction of sp³-hybridized carbons (Fsp3) is 0.500. The zero-order chi connectivity index (χ0) is 20.4. The number of hydrogen-bond acceptors (Lipinski definition) is 8. The minimum atomic E-state index is -4.58. The maximum absolute atomic E-state index is 13.4. The predicted molar refractivity (Wildman–Crippen MR) is 96.9 cm³/mol. The zero-order valence-corrected chi connectivity index (χ0v) is 15.4. The van der Waals surface area contributed by atoms with E-state index in [1.54, 1.807) is 0 Å². The molecule has 2 aliphatic heterocycles. The van der Waals surface area contributed by atoms with Crippen molar-refractivity contribution >= 4 is 11.8 Å². The summed E-state index contributed by atoms with van der Waals surface area (Å²) in [6, 6.07) is 2.22. The van der Waals surface area contributed by atoms with Gasteiger partial charge in [0, 0.05) is 31.1 Å². The predicted octanol–water partition coefficient (Wildman–Crippen LogP) is 2.11. The van der Waals surface area contributed by atoms with Gasteiger partial charge in [-0.05, 0) is 18.6 Å². The van der Waals surface area contributed by atoms with Crippen LogP contribution in [0.3, 0.4) is 0 Å². The molecule has 156 valence electrons. The molecule has 2 aromatic heterocycles. The van der Waals surface area contributed by atoms with Gasteiger partial charge in [-0.25, -0.2) is 15.0 Å². The lowest BCUT2D eigenvalue weighted by molar-refractivity contribution is -0.173. The molecular formula is C18H20F3N5O3. The van der Waals surface area contributed by atoms with Gasteiger partial charge in [-0.15, -0.1) is 0 Å². The fourth-order valence-corrected chi connectivity index (χ4v) is 3.28. The van der Waals surface area contributed by atoms with E-state index in [4.69, 9.17) is 19.9 Å². The smallest absolute Gasteiger partial charge is 0.384 e. The molecule has 29 heavy (non-hydrogen) atoms. The topological polar surface area (TPSA) is 95.6 Å². The highest BCUT2D eigenvalue weighted by Crippen LogP contribution is 2.37. The summed E-state index contributed by atoms with van der Waals surface area (Å²) in [4.78, 5) is 14.2. The van der Waals surface area contributed by atoms with Crippen LogP contribution in [-0.4, -0.2) is 60.3 Å². The van der Waals surface area contributed by atoms with Gasteiger partial charge in [0.1, 0.15) is 5.82 Å². The van der Waals surface area contributed by atoms with Gasteiger partial charge in [0.15, 0.2) is 6.29 Å². The molecule has 2 saturated heterocycles. The number of nitrogen functional groups attached to an aromatic ring is 1. The fourth-order valence-electron chi connectivity index (χ4n) is 3.28. The van der Waals surface area contributed by atoms with Crippen LogP contribution in [0.2, 0.25) is 0 Å². The van der Waals surface area contributed by atoms with E-state index in [0.717, 1.165) is 18.7 Å². The minimum Gasteiger partial charge on any atom is -0.384 e. The third-order valence-corrected chi connectivity index (χ3v) is 4.70. The van der Waals surface area contributed by atoms with Gasteiger partial charge in [-0.1, -0.05) is 0 Å².